The Kier molecular flexibility index (Phi) is 6.87. The van der Waals surface area contributed by atoms with Gasteiger partial charge in [0.15, 0.2) is 0 Å². The number of thiophene rings is 1. The number of hydrogen-bond acceptors (Lipinski definition) is 4. The second kappa shape index (κ2) is 9.55. The lowest BCUT2D eigenvalue weighted by Crippen LogP contribution is -2.50. The molecule has 0 atom stereocenters. The molecule has 5 nitrogen and oxygen atoms in total. The maximum atomic E-state index is 12.6. The molecule has 2 heterocycles. The number of rotatable bonds is 6. The highest BCUT2D eigenvalue weighted by Crippen LogP contribution is 2.20. The zero-order valence-electron chi connectivity index (χ0n) is 16.4. The highest BCUT2D eigenvalue weighted by molar-refractivity contribution is 7.10. The van der Waals surface area contributed by atoms with Crippen molar-refractivity contribution in [1.82, 2.24) is 9.80 Å². The molecule has 0 radical (unpaired) electrons. The van der Waals surface area contributed by atoms with Crippen LogP contribution in [0.2, 0.25) is 0 Å². The van der Waals surface area contributed by atoms with E-state index in [2.05, 4.69) is 0 Å². The fraction of sp³-hybridized carbons (Fsp3) is 0.364. The van der Waals surface area contributed by atoms with Crippen molar-refractivity contribution in [2.75, 3.05) is 33.3 Å². The third kappa shape index (κ3) is 5.01. The smallest absolute Gasteiger partial charge is 0.249 e. The topological polar surface area (TPSA) is 49.9 Å². The average Bonchev–Trinajstić information content (AvgIpc) is 3.24. The van der Waals surface area contributed by atoms with Gasteiger partial charge in [-0.2, -0.15) is 0 Å². The van der Waals surface area contributed by atoms with Crippen molar-refractivity contribution in [2.45, 2.75) is 19.8 Å². The molecule has 1 aliphatic rings. The van der Waals surface area contributed by atoms with Gasteiger partial charge in [-0.25, -0.2) is 0 Å². The van der Waals surface area contributed by atoms with Crippen LogP contribution >= 0.6 is 11.3 Å². The summed E-state index contributed by atoms with van der Waals surface area (Å²) in [6.45, 7) is 4.18. The number of aryl methyl sites for hydroxylation is 1. The molecule has 1 aromatic heterocycles. The molecule has 3 rings (SSSR count). The third-order valence-electron chi connectivity index (χ3n) is 4.96. The van der Waals surface area contributed by atoms with Crippen LogP contribution in [0.1, 0.15) is 23.8 Å². The Labute approximate surface area is 170 Å². The van der Waals surface area contributed by atoms with Crippen LogP contribution in [0.4, 0.5) is 0 Å². The van der Waals surface area contributed by atoms with E-state index < -0.39 is 0 Å². The van der Waals surface area contributed by atoms with Crippen molar-refractivity contribution in [1.29, 1.82) is 0 Å². The fourth-order valence-electron chi connectivity index (χ4n) is 3.37. The quantitative estimate of drug-likeness (QED) is 0.700. The average molecular weight is 399 g/mol. The van der Waals surface area contributed by atoms with Gasteiger partial charge < -0.3 is 14.5 Å². The number of carbonyl (C=O) groups is 2. The molecular formula is C22H26N2O3S. The van der Waals surface area contributed by atoms with Gasteiger partial charge in [-0.15, -0.1) is 11.3 Å². The minimum Gasteiger partial charge on any atom is -0.496 e. The van der Waals surface area contributed by atoms with E-state index in [-0.39, 0.29) is 11.8 Å². The Balaban J connectivity index is 1.49. The monoisotopic (exact) mass is 398 g/mol. The van der Waals surface area contributed by atoms with Crippen molar-refractivity contribution in [3.8, 4) is 5.75 Å². The fourth-order valence-corrected chi connectivity index (χ4v) is 4.08. The number of benzene rings is 1. The first-order valence-corrected chi connectivity index (χ1v) is 10.4. The normalized spacial score (nSPS) is 14.9. The van der Waals surface area contributed by atoms with Crippen molar-refractivity contribution in [3.63, 3.8) is 0 Å². The number of nitrogens with zero attached hydrogens (tertiary/aromatic N) is 2. The van der Waals surface area contributed by atoms with Gasteiger partial charge in [0.25, 0.3) is 0 Å². The van der Waals surface area contributed by atoms with E-state index >= 15 is 0 Å². The molecule has 1 saturated heterocycles. The Morgan fingerprint density at radius 3 is 2.46 bits per heavy atom. The van der Waals surface area contributed by atoms with E-state index in [0.717, 1.165) is 21.8 Å². The van der Waals surface area contributed by atoms with Crippen molar-refractivity contribution in [2.24, 2.45) is 0 Å². The van der Waals surface area contributed by atoms with Crippen LogP contribution in [0.5, 0.6) is 5.75 Å². The molecule has 2 amide bonds. The molecule has 0 bridgehead atoms. The summed E-state index contributed by atoms with van der Waals surface area (Å²) in [4.78, 5) is 30.0. The molecule has 1 fully saturated rings. The molecule has 28 heavy (non-hydrogen) atoms. The van der Waals surface area contributed by atoms with E-state index in [1.165, 1.54) is 0 Å². The second-order valence-electron chi connectivity index (χ2n) is 6.83. The van der Waals surface area contributed by atoms with Gasteiger partial charge in [0.2, 0.25) is 11.8 Å². The summed E-state index contributed by atoms with van der Waals surface area (Å²) >= 11 is 1.62. The molecule has 1 aromatic carbocycles. The summed E-state index contributed by atoms with van der Waals surface area (Å²) in [6.07, 6.45) is 3.04. The van der Waals surface area contributed by atoms with Crippen LogP contribution < -0.4 is 4.74 Å². The predicted octanol–water partition coefficient (Wildman–Crippen LogP) is 3.46. The highest BCUT2D eigenvalue weighted by atomic mass is 32.1. The zero-order valence-corrected chi connectivity index (χ0v) is 17.2. The summed E-state index contributed by atoms with van der Waals surface area (Å²) in [5, 5.41) is 2.00. The Bertz CT molecular complexity index is 837. The SMILES string of the molecule is COc1ccccc1CCC(=O)N1CCN(C(=O)/C(C)=C/c2cccs2)CC1. The van der Waals surface area contributed by atoms with Gasteiger partial charge in [-0.05, 0) is 42.5 Å². The molecule has 1 aliphatic heterocycles. The number of amides is 2. The Hall–Kier alpha value is -2.60. The van der Waals surface area contributed by atoms with Gasteiger partial charge in [0, 0.05) is 43.1 Å². The maximum absolute atomic E-state index is 12.6. The van der Waals surface area contributed by atoms with E-state index in [4.69, 9.17) is 4.74 Å². The third-order valence-corrected chi connectivity index (χ3v) is 5.78. The van der Waals surface area contributed by atoms with Crippen LogP contribution in [0.3, 0.4) is 0 Å². The van der Waals surface area contributed by atoms with Crippen LogP contribution in [-0.4, -0.2) is 54.9 Å². The number of carbonyl (C=O) groups excluding carboxylic acids is 2. The standard InChI is InChI=1S/C22H26N2O3S/c1-17(16-19-7-5-15-28-19)22(26)24-13-11-23(12-14-24)21(25)10-9-18-6-3-4-8-20(18)27-2/h3-8,15-16H,9-14H2,1-2H3/b17-16+. The molecule has 0 saturated carbocycles. The molecule has 0 N–H and O–H groups in total. The molecule has 6 heteroatoms. The van der Waals surface area contributed by atoms with Gasteiger partial charge in [0.1, 0.15) is 5.75 Å². The molecule has 0 aliphatic carbocycles. The van der Waals surface area contributed by atoms with E-state index in [9.17, 15) is 9.59 Å². The lowest BCUT2D eigenvalue weighted by molar-refractivity contribution is -0.137. The summed E-state index contributed by atoms with van der Waals surface area (Å²) in [6, 6.07) is 11.8. The minimum atomic E-state index is 0.0505. The van der Waals surface area contributed by atoms with Gasteiger partial charge in [-0.1, -0.05) is 24.3 Å². The van der Waals surface area contributed by atoms with Crippen LogP contribution in [0.25, 0.3) is 6.08 Å². The van der Waals surface area contributed by atoms with E-state index in [1.54, 1.807) is 18.4 Å². The first kappa shape index (κ1) is 20.1. The van der Waals surface area contributed by atoms with Crippen LogP contribution in [0.15, 0.2) is 47.4 Å². The second-order valence-corrected chi connectivity index (χ2v) is 7.81. The number of piperazine rings is 1. The summed E-state index contributed by atoms with van der Waals surface area (Å²) in [5.41, 5.74) is 1.78. The molecular weight excluding hydrogens is 372 g/mol. The molecule has 148 valence electrons. The first-order chi connectivity index (χ1) is 13.6. The Morgan fingerprint density at radius 2 is 1.79 bits per heavy atom. The zero-order chi connectivity index (χ0) is 19.9. The number of ether oxygens (including phenoxy) is 1. The lowest BCUT2D eigenvalue weighted by Gasteiger charge is -2.35. The van der Waals surface area contributed by atoms with E-state index in [1.807, 2.05) is 64.6 Å². The maximum Gasteiger partial charge on any atom is 0.249 e. The van der Waals surface area contributed by atoms with E-state index in [0.29, 0.717) is 39.0 Å². The predicted molar refractivity (Wildman–Crippen MR) is 112 cm³/mol. The van der Waals surface area contributed by atoms with Gasteiger partial charge in [0.05, 0.1) is 7.11 Å². The largest absolute Gasteiger partial charge is 0.496 e. The molecule has 0 spiro atoms. The molecule has 2 aromatic rings. The minimum absolute atomic E-state index is 0.0505. The summed E-state index contributed by atoms with van der Waals surface area (Å²) in [5.74, 6) is 0.997. The number of methoxy groups -OCH3 is 1. The number of para-hydroxylation sites is 1. The van der Waals surface area contributed by atoms with Crippen molar-refractivity contribution >= 4 is 29.2 Å². The highest BCUT2D eigenvalue weighted by Gasteiger charge is 2.24. The number of hydrogen-bond donors (Lipinski definition) is 0. The first-order valence-electron chi connectivity index (χ1n) is 9.49. The summed E-state index contributed by atoms with van der Waals surface area (Å²) < 4.78 is 5.35. The van der Waals surface area contributed by atoms with Crippen LogP contribution in [-0.2, 0) is 16.0 Å². The molecule has 0 unspecified atom stereocenters. The van der Waals surface area contributed by atoms with Crippen molar-refractivity contribution < 1.29 is 14.3 Å². The van der Waals surface area contributed by atoms with Gasteiger partial charge >= 0.3 is 0 Å². The van der Waals surface area contributed by atoms with Crippen molar-refractivity contribution in [3.05, 3.63) is 57.8 Å². The lowest BCUT2D eigenvalue weighted by atomic mass is 10.1. The van der Waals surface area contributed by atoms with Gasteiger partial charge in [-0.3, -0.25) is 9.59 Å². The summed E-state index contributed by atoms with van der Waals surface area (Å²) in [7, 11) is 1.64. The Morgan fingerprint density at radius 1 is 1.07 bits per heavy atom. The van der Waals surface area contributed by atoms with Crippen LogP contribution in [0, 0.1) is 0 Å².